The smallest absolute Gasteiger partial charge is 0.277 e. The first-order chi connectivity index (χ1) is 34.8. The van der Waals surface area contributed by atoms with Crippen molar-refractivity contribution in [3.63, 3.8) is 0 Å². The van der Waals surface area contributed by atoms with Crippen LogP contribution in [0.3, 0.4) is 0 Å². The van der Waals surface area contributed by atoms with Crippen LogP contribution < -0.4 is 32.1 Å². The second-order valence-corrected chi connectivity index (χ2v) is 20.4. The van der Waals surface area contributed by atoms with Gasteiger partial charge < -0.3 is 42.1 Å². The molecule has 21 nitrogen and oxygen atoms in total. The van der Waals surface area contributed by atoms with Gasteiger partial charge >= 0.3 is 0 Å². The summed E-state index contributed by atoms with van der Waals surface area (Å²) in [5, 5.41) is 13.9. The number of amides is 4. The molecule has 0 bridgehead atoms. The molecule has 0 unspecified atom stereocenters. The zero-order valence-electron chi connectivity index (χ0n) is 40.9. The van der Waals surface area contributed by atoms with Crippen molar-refractivity contribution in [2.75, 3.05) is 75.6 Å². The second kappa shape index (κ2) is 23.4. The molecule has 1 atom stereocenters. The van der Waals surface area contributed by atoms with Crippen LogP contribution in [0.25, 0.3) is 11.0 Å². The summed E-state index contributed by atoms with van der Waals surface area (Å²) in [6.45, 7) is 6.06. The van der Waals surface area contributed by atoms with E-state index in [9.17, 15) is 32.0 Å². The Morgan fingerprint density at radius 2 is 1.73 bits per heavy atom. The molecule has 0 radical (unpaired) electrons. The molecule has 8 N–H and O–H groups in total. The lowest BCUT2D eigenvalue weighted by Crippen LogP contribution is -2.40. The van der Waals surface area contributed by atoms with E-state index < -0.39 is 27.7 Å². The van der Waals surface area contributed by atoms with E-state index in [4.69, 9.17) is 16.6 Å². The number of carbonyl (C=O) groups excluding carboxylic acids is 4. The van der Waals surface area contributed by atoms with E-state index in [0.29, 0.717) is 78.7 Å². The molecule has 1 fully saturated rings. The van der Waals surface area contributed by atoms with Gasteiger partial charge in [-0.2, -0.15) is 10.1 Å². The molecule has 6 aromatic rings. The number of nitrogen functional groups attached to an aromatic ring is 1. The Morgan fingerprint density at radius 1 is 0.959 bits per heavy atom. The van der Waals surface area contributed by atoms with E-state index in [0.717, 1.165) is 22.8 Å². The minimum atomic E-state index is -3.81. The highest BCUT2D eigenvalue weighted by molar-refractivity contribution is 9.10. The van der Waals surface area contributed by atoms with Crippen LogP contribution in [0.1, 0.15) is 69.3 Å². The monoisotopic (exact) mass is 1080 g/mol. The Bertz CT molecular complexity index is 3190. The number of piperidine rings is 1. The molecule has 3 aromatic heterocycles. The number of halogens is 2. The number of rotatable bonds is 20. The molecule has 1 saturated heterocycles. The Morgan fingerprint density at radius 3 is 2.47 bits per heavy atom. The summed E-state index contributed by atoms with van der Waals surface area (Å²) in [6, 6.07) is 13.4. The fraction of sp³-hybridized carbons (Fsp3) is 0.327. The van der Waals surface area contributed by atoms with E-state index in [1.165, 1.54) is 41.7 Å². The van der Waals surface area contributed by atoms with Gasteiger partial charge in [0.1, 0.15) is 23.8 Å². The molecule has 4 amide bonds. The van der Waals surface area contributed by atoms with Crippen molar-refractivity contribution >= 4 is 95.3 Å². The van der Waals surface area contributed by atoms with Crippen LogP contribution in [0.2, 0.25) is 0 Å². The standard InChI is InChI=1S/C49H57BrFN15O6S/c1-29-30(2)37(20-15-31(29)25-40(68)63(3)4)60-48(70)43-42-44(52)55-28-56-47(42)66(62-43)33-11-9-24-65(27-33)39(67)14-10-23-64(5)22-7-6-21-57-73(71,72)34-18-16-32(17-19-34)58-49-54-26-35(50)46(61-49)59-38-13-8-12-36(51)41(38)45(53)69/h8,10,12-20,26,28,33,57H,6-7,9,11,21-25,27H2,1-5H3,(H2,53,69)(H,60,70)(H2,52,55,56)(H2,54,58,59,61)/b14-10+/t33-/m1/s1. The largest absolute Gasteiger partial charge is 0.383 e. The van der Waals surface area contributed by atoms with Gasteiger partial charge in [-0.05, 0) is 128 Å². The number of sulfonamides is 1. The molecule has 3 aromatic carbocycles. The fourth-order valence-corrected chi connectivity index (χ4v) is 9.53. The number of unbranched alkanes of at least 4 members (excludes halogenated alkanes) is 1. The molecule has 1 aliphatic rings. The molecule has 0 spiro atoms. The third-order valence-corrected chi connectivity index (χ3v) is 14.4. The Hall–Kier alpha value is -7.41. The number of primary amides is 1. The predicted octanol–water partition coefficient (Wildman–Crippen LogP) is 5.60. The van der Waals surface area contributed by atoms with Crippen molar-refractivity contribution in [1.29, 1.82) is 0 Å². The number of nitrogens with one attached hydrogen (secondary N) is 4. The molecule has 73 heavy (non-hydrogen) atoms. The number of likely N-dealkylation sites (N-methyl/N-ethyl adjacent to an activating group) is 2. The van der Waals surface area contributed by atoms with Gasteiger partial charge in [-0.3, -0.25) is 19.2 Å². The highest BCUT2D eigenvalue weighted by Gasteiger charge is 2.30. The average molecular weight is 1080 g/mol. The fourth-order valence-electron chi connectivity index (χ4n) is 8.16. The van der Waals surface area contributed by atoms with Gasteiger partial charge in [-0.1, -0.05) is 18.2 Å². The van der Waals surface area contributed by atoms with Crippen LogP contribution >= 0.6 is 15.9 Å². The van der Waals surface area contributed by atoms with Crippen molar-refractivity contribution in [1.82, 2.24) is 49.1 Å². The highest BCUT2D eigenvalue weighted by Crippen LogP contribution is 2.32. The third kappa shape index (κ3) is 13.0. The zero-order chi connectivity index (χ0) is 52.6. The van der Waals surface area contributed by atoms with E-state index in [1.54, 1.807) is 54.0 Å². The van der Waals surface area contributed by atoms with E-state index in [1.807, 2.05) is 31.9 Å². The summed E-state index contributed by atoms with van der Waals surface area (Å²) in [6.07, 6.45) is 9.04. The summed E-state index contributed by atoms with van der Waals surface area (Å²) >= 11 is 3.34. The summed E-state index contributed by atoms with van der Waals surface area (Å²) in [5.74, 6) is -1.94. The van der Waals surface area contributed by atoms with E-state index in [2.05, 4.69) is 56.5 Å². The van der Waals surface area contributed by atoms with Crippen LogP contribution in [0.4, 0.5) is 39.0 Å². The Labute approximate surface area is 430 Å². The molecule has 0 saturated carbocycles. The van der Waals surface area contributed by atoms with Crippen LogP contribution in [0.15, 0.2) is 88.6 Å². The number of nitrogens with zero attached hydrogens (tertiary/aromatic N) is 9. The van der Waals surface area contributed by atoms with Gasteiger partial charge in [0.2, 0.25) is 27.8 Å². The van der Waals surface area contributed by atoms with Gasteiger partial charge in [-0.15, -0.1) is 0 Å². The lowest BCUT2D eigenvalue weighted by molar-refractivity contribution is -0.128. The molecular formula is C49H57BrFN15O6S. The van der Waals surface area contributed by atoms with Gasteiger partial charge in [-0.25, -0.2) is 37.2 Å². The predicted molar refractivity (Wildman–Crippen MR) is 280 cm³/mol. The second-order valence-electron chi connectivity index (χ2n) is 17.7. The SMILES string of the molecule is Cc1c(CC(=O)N(C)C)ccc(NC(=O)c2nn([C@@H]3CCCN(C(=O)/C=C/CN(C)CCCCNS(=O)(=O)c4ccc(Nc5ncc(Br)c(Nc6cccc(F)c6C(N)=O)n5)cc4)C3)c3ncnc(N)c23)c1C. The maximum Gasteiger partial charge on any atom is 0.277 e. The summed E-state index contributed by atoms with van der Waals surface area (Å²) in [7, 11) is 1.53. The first kappa shape index (κ1) is 53.4. The van der Waals surface area contributed by atoms with Crippen molar-refractivity contribution in [2.45, 2.75) is 56.9 Å². The molecule has 1 aliphatic heterocycles. The van der Waals surface area contributed by atoms with E-state index in [-0.39, 0.29) is 70.2 Å². The van der Waals surface area contributed by atoms with Gasteiger partial charge in [0, 0.05) is 63.9 Å². The minimum Gasteiger partial charge on any atom is -0.383 e. The molecule has 0 aliphatic carbocycles. The molecule has 7 rings (SSSR count). The summed E-state index contributed by atoms with van der Waals surface area (Å²) in [4.78, 5) is 74.2. The van der Waals surface area contributed by atoms with Gasteiger partial charge in [0.25, 0.3) is 11.8 Å². The lowest BCUT2D eigenvalue weighted by atomic mass is 9.98. The maximum absolute atomic E-state index is 14.3. The van der Waals surface area contributed by atoms with Crippen LogP contribution in [-0.2, 0) is 26.0 Å². The number of anilines is 6. The first-order valence-electron chi connectivity index (χ1n) is 23.3. The molecule has 384 valence electrons. The van der Waals surface area contributed by atoms with Gasteiger partial charge in [0.15, 0.2) is 11.3 Å². The normalized spacial score (nSPS) is 13.9. The van der Waals surface area contributed by atoms with Crippen LogP contribution in [0.5, 0.6) is 0 Å². The summed E-state index contributed by atoms with van der Waals surface area (Å²) in [5.41, 5.74) is 15.6. The molecular weight excluding hydrogens is 1030 g/mol. The number of benzene rings is 3. The number of likely N-dealkylation sites (tertiary alicyclic amines) is 1. The third-order valence-electron chi connectivity index (χ3n) is 12.4. The van der Waals surface area contributed by atoms with Crippen molar-refractivity contribution in [3.8, 4) is 0 Å². The van der Waals surface area contributed by atoms with Crippen molar-refractivity contribution in [2.24, 2.45) is 5.73 Å². The van der Waals surface area contributed by atoms with Gasteiger partial charge in [0.05, 0.1) is 38.5 Å². The lowest BCUT2D eigenvalue weighted by Gasteiger charge is -2.32. The van der Waals surface area contributed by atoms with Crippen LogP contribution in [0, 0.1) is 19.7 Å². The number of carbonyl (C=O) groups is 4. The minimum absolute atomic E-state index is 0.0274. The quantitative estimate of drug-likeness (QED) is 0.0401. The molecule has 4 heterocycles. The number of nitrogens with two attached hydrogens (primary N) is 2. The van der Waals surface area contributed by atoms with E-state index >= 15 is 0 Å². The first-order valence-corrected chi connectivity index (χ1v) is 25.6. The maximum atomic E-state index is 14.3. The van der Waals surface area contributed by atoms with Crippen molar-refractivity contribution in [3.05, 3.63) is 118 Å². The Balaban J connectivity index is 0.864. The topological polar surface area (TPSA) is 282 Å². The zero-order valence-corrected chi connectivity index (χ0v) is 43.3. The Kier molecular flexibility index (Phi) is 17.1. The van der Waals surface area contributed by atoms with Crippen molar-refractivity contribution < 1.29 is 32.0 Å². The number of hydrogen-bond donors (Lipinski definition) is 6. The highest BCUT2D eigenvalue weighted by atomic mass is 79.9. The molecule has 24 heteroatoms. The summed E-state index contributed by atoms with van der Waals surface area (Å²) < 4.78 is 45.2. The van der Waals surface area contributed by atoms with Crippen LogP contribution in [-0.4, -0.2) is 130 Å². The average Bonchev–Trinajstić information content (AvgIpc) is 3.76. The number of aromatic nitrogens is 6. The number of hydrogen-bond acceptors (Lipinski definition) is 15. The number of fused-ring (bicyclic) bond motifs is 1.